The molecule has 7 heteroatoms. The minimum atomic E-state index is -1.11. The minimum absolute atomic E-state index is 0.515. The lowest BCUT2D eigenvalue weighted by Crippen LogP contribution is -2.48. The average Bonchev–Trinajstić information content (AvgIpc) is 2.46. The number of hydrogen-bond donors (Lipinski definition) is 2. The van der Waals surface area contributed by atoms with Crippen LogP contribution >= 0.6 is 11.6 Å². The Morgan fingerprint density at radius 2 is 2.10 bits per heavy atom. The summed E-state index contributed by atoms with van der Waals surface area (Å²) in [5.74, 6) is -0.741. The lowest BCUT2D eigenvalue weighted by atomic mass is 10.2. The second-order valence-electron chi connectivity index (χ2n) is 4.44. The van der Waals surface area contributed by atoms with E-state index >= 15 is 0 Å². The van der Waals surface area contributed by atoms with Crippen LogP contribution in [0.5, 0.6) is 5.75 Å². The number of aliphatic hydroxyl groups is 1. The molecule has 0 heterocycles. The standard InChI is InChI=1S/C14H18ClNO5/c1-8-6-10(15)4-5-12(8)21-9(2)13(18)16-11(7-17)14(19)20-3/h4-6,9,11,17H,7H2,1-3H3,(H,16,18). The fourth-order valence-electron chi connectivity index (χ4n) is 1.60. The first-order chi connectivity index (χ1) is 9.88. The number of nitrogens with one attached hydrogen (secondary N) is 1. The molecule has 116 valence electrons. The third-order valence-electron chi connectivity index (χ3n) is 2.79. The van der Waals surface area contributed by atoms with Crippen molar-refractivity contribution in [1.29, 1.82) is 0 Å². The molecule has 1 aromatic rings. The summed E-state index contributed by atoms with van der Waals surface area (Å²) in [7, 11) is 1.17. The molecule has 0 saturated heterocycles. The predicted molar refractivity (Wildman–Crippen MR) is 77.3 cm³/mol. The quantitative estimate of drug-likeness (QED) is 0.767. The minimum Gasteiger partial charge on any atom is -0.481 e. The topological polar surface area (TPSA) is 84.9 Å². The summed E-state index contributed by atoms with van der Waals surface area (Å²) in [6.45, 7) is 2.79. The van der Waals surface area contributed by atoms with Crippen LogP contribution in [0.4, 0.5) is 0 Å². The van der Waals surface area contributed by atoms with Gasteiger partial charge in [0.1, 0.15) is 5.75 Å². The number of esters is 1. The van der Waals surface area contributed by atoms with Gasteiger partial charge in [-0.1, -0.05) is 11.6 Å². The summed E-state index contributed by atoms with van der Waals surface area (Å²) in [5, 5.41) is 12.0. The smallest absolute Gasteiger partial charge is 0.330 e. The van der Waals surface area contributed by atoms with E-state index in [1.54, 1.807) is 25.1 Å². The number of ether oxygens (including phenoxy) is 2. The van der Waals surface area contributed by atoms with Crippen molar-refractivity contribution in [1.82, 2.24) is 5.32 Å². The molecule has 0 aliphatic heterocycles. The maximum Gasteiger partial charge on any atom is 0.330 e. The molecule has 0 bridgehead atoms. The number of benzene rings is 1. The summed E-state index contributed by atoms with van der Waals surface area (Å²) < 4.78 is 9.98. The van der Waals surface area contributed by atoms with Gasteiger partial charge in [0.2, 0.25) is 0 Å². The second-order valence-corrected chi connectivity index (χ2v) is 4.87. The molecule has 2 N–H and O–H groups in total. The molecule has 0 fully saturated rings. The number of aliphatic hydroxyl groups excluding tert-OH is 1. The molecule has 0 radical (unpaired) electrons. The van der Waals surface area contributed by atoms with Crippen LogP contribution in [-0.4, -0.2) is 42.8 Å². The molecule has 2 unspecified atom stereocenters. The number of carbonyl (C=O) groups excluding carboxylic acids is 2. The first-order valence-corrected chi connectivity index (χ1v) is 6.68. The third kappa shape index (κ3) is 4.91. The van der Waals surface area contributed by atoms with Crippen LogP contribution in [0.15, 0.2) is 18.2 Å². The van der Waals surface area contributed by atoms with Gasteiger partial charge in [0, 0.05) is 5.02 Å². The van der Waals surface area contributed by atoms with E-state index in [2.05, 4.69) is 10.1 Å². The van der Waals surface area contributed by atoms with Gasteiger partial charge < -0.3 is 19.9 Å². The van der Waals surface area contributed by atoms with Gasteiger partial charge in [0.25, 0.3) is 5.91 Å². The second kappa shape index (κ2) is 7.85. The lowest BCUT2D eigenvalue weighted by molar-refractivity contribution is -0.147. The van der Waals surface area contributed by atoms with Gasteiger partial charge in [-0.2, -0.15) is 0 Å². The summed E-state index contributed by atoms with van der Waals surface area (Å²) in [5.41, 5.74) is 0.786. The first-order valence-electron chi connectivity index (χ1n) is 6.31. The van der Waals surface area contributed by atoms with E-state index in [0.29, 0.717) is 10.8 Å². The van der Waals surface area contributed by atoms with Crippen LogP contribution in [0.25, 0.3) is 0 Å². The molecule has 0 aliphatic rings. The van der Waals surface area contributed by atoms with Gasteiger partial charge in [-0.15, -0.1) is 0 Å². The zero-order valence-corrected chi connectivity index (χ0v) is 12.8. The normalized spacial score (nSPS) is 13.2. The summed E-state index contributed by atoms with van der Waals surface area (Å²) in [6, 6.07) is 3.91. The number of halogens is 1. The van der Waals surface area contributed by atoms with Crippen molar-refractivity contribution < 1.29 is 24.2 Å². The van der Waals surface area contributed by atoms with Gasteiger partial charge in [-0.25, -0.2) is 4.79 Å². The van der Waals surface area contributed by atoms with E-state index in [-0.39, 0.29) is 0 Å². The molecule has 6 nitrogen and oxygen atoms in total. The predicted octanol–water partition coefficient (Wildman–Crippen LogP) is 1.07. The Bertz CT molecular complexity index is 520. The largest absolute Gasteiger partial charge is 0.481 e. The molecule has 21 heavy (non-hydrogen) atoms. The maximum absolute atomic E-state index is 11.9. The van der Waals surface area contributed by atoms with Crippen LogP contribution in [0.3, 0.4) is 0 Å². The van der Waals surface area contributed by atoms with Crippen molar-refractivity contribution in [3.8, 4) is 5.75 Å². The molecule has 0 aromatic heterocycles. The van der Waals surface area contributed by atoms with Gasteiger partial charge in [-0.05, 0) is 37.6 Å². The maximum atomic E-state index is 11.9. The van der Waals surface area contributed by atoms with Crippen molar-refractivity contribution in [2.75, 3.05) is 13.7 Å². The lowest BCUT2D eigenvalue weighted by Gasteiger charge is -2.19. The molecule has 2 atom stereocenters. The molecular weight excluding hydrogens is 298 g/mol. The summed E-state index contributed by atoms with van der Waals surface area (Å²) in [6.07, 6.45) is -0.844. The number of aryl methyl sites for hydroxylation is 1. The van der Waals surface area contributed by atoms with Gasteiger partial charge in [-0.3, -0.25) is 4.79 Å². The summed E-state index contributed by atoms with van der Waals surface area (Å²) >= 11 is 5.84. The molecular formula is C14H18ClNO5. The van der Waals surface area contributed by atoms with E-state index in [1.165, 1.54) is 14.0 Å². The Morgan fingerprint density at radius 3 is 2.62 bits per heavy atom. The van der Waals surface area contributed by atoms with E-state index in [9.17, 15) is 9.59 Å². The van der Waals surface area contributed by atoms with E-state index in [4.69, 9.17) is 21.4 Å². The Hall–Kier alpha value is -1.79. The van der Waals surface area contributed by atoms with Gasteiger partial charge in [0.15, 0.2) is 12.1 Å². The Labute approximate surface area is 128 Å². The van der Waals surface area contributed by atoms with Crippen LogP contribution in [0, 0.1) is 6.92 Å². The molecule has 1 aromatic carbocycles. The van der Waals surface area contributed by atoms with E-state index in [1.807, 2.05) is 0 Å². The molecule has 0 aliphatic carbocycles. The zero-order chi connectivity index (χ0) is 16.0. The summed E-state index contributed by atoms with van der Waals surface area (Å²) in [4.78, 5) is 23.2. The van der Waals surface area contributed by atoms with Gasteiger partial charge in [0.05, 0.1) is 13.7 Å². The Kier molecular flexibility index (Phi) is 6.45. The highest BCUT2D eigenvalue weighted by Crippen LogP contribution is 2.22. The molecule has 0 spiro atoms. The number of rotatable bonds is 6. The van der Waals surface area contributed by atoms with Crippen molar-refractivity contribution in [2.24, 2.45) is 0 Å². The number of carbonyl (C=O) groups is 2. The number of hydrogen-bond acceptors (Lipinski definition) is 5. The van der Waals surface area contributed by atoms with E-state index < -0.39 is 30.6 Å². The zero-order valence-electron chi connectivity index (χ0n) is 12.1. The number of amides is 1. The van der Waals surface area contributed by atoms with E-state index in [0.717, 1.165) is 5.56 Å². The highest BCUT2D eigenvalue weighted by atomic mass is 35.5. The molecule has 1 rings (SSSR count). The Balaban J connectivity index is 2.68. The van der Waals surface area contributed by atoms with Crippen molar-refractivity contribution in [3.63, 3.8) is 0 Å². The SMILES string of the molecule is COC(=O)C(CO)NC(=O)C(C)Oc1ccc(Cl)cc1C. The van der Waals surface area contributed by atoms with Crippen molar-refractivity contribution in [2.45, 2.75) is 26.0 Å². The van der Waals surface area contributed by atoms with Crippen LogP contribution in [0.2, 0.25) is 5.02 Å². The van der Waals surface area contributed by atoms with Gasteiger partial charge >= 0.3 is 5.97 Å². The fraction of sp³-hybridized carbons (Fsp3) is 0.429. The first kappa shape index (κ1) is 17.3. The van der Waals surface area contributed by atoms with Crippen LogP contribution < -0.4 is 10.1 Å². The fourth-order valence-corrected chi connectivity index (χ4v) is 1.83. The third-order valence-corrected chi connectivity index (χ3v) is 3.03. The van der Waals surface area contributed by atoms with Crippen molar-refractivity contribution in [3.05, 3.63) is 28.8 Å². The van der Waals surface area contributed by atoms with Crippen LogP contribution in [-0.2, 0) is 14.3 Å². The highest BCUT2D eigenvalue weighted by Gasteiger charge is 2.24. The number of methoxy groups -OCH3 is 1. The Morgan fingerprint density at radius 1 is 1.43 bits per heavy atom. The van der Waals surface area contributed by atoms with Crippen LogP contribution in [0.1, 0.15) is 12.5 Å². The highest BCUT2D eigenvalue weighted by molar-refractivity contribution is 6.30. The molecule has 0 saturated carbocycles. The molecule has 1 amide bonds. The average molecular weight is 316 g/mol. The monoisotopic (exact) mass is 315 g/mol. The van der Waals surface area contributed by atoms with Crippen molar-refractivity contribution >= 4 is 23.5 Å².